The highest BCUT2D eigenvalue weighted by Crippen LogP contribution is 2.10. The maximum absolute atomic E-state index is 3.88. The highest BCUT2D eigenvalue weighted by atomic mass is 79.9. The number of hydrogen-bond donors (Lipinski definition) is 0. The van der Waals surface area contributed by atoms with Crippen molar-refractivity contribution in [3.8, 4) is 0 Å². The maximum Gasteiger partial charge on any atom is 0.0955 e. The molecule has 0 aromatic carbocycles. The molecule has 0 fully saturated rings. The summed E-state index contributed by atoms with van der Waals surface area (Å²) in [6, 6.07) is 0. The topological polar surface area (TPSA) is 17.8 Å². The number of imidazole rings is 1. The summed E-state index contributed by atoms with van der Waals surface area (Å²) in [6.45, 7) is 2.04. The first kappa shape index (κ1) is 5.82. The van der Waals surface area contributed by atoms with Crippen molar-refractivity contribution in [3.05, 3.63) is 18.7 Å². The van der Waals surface area contributed by atoms with Crippen LogP contribution in [0.25, 0.3) is 0 Å². The van der Waals surface area contributed by atoms with E-state index in [1.54, 1.807) is 12.5 Å². The monoisotopic (exact) mass is 174 g/mol. The van der Waals surface area contributed by atoms with Crippen molar-refractivity contribution in [2.75, 3.05) is 0 Å². The molecule has 44 valence electrons. The standard InChI is InChI=1S/C5H7BrN2/c1-5(6)8-3-2-7-4-8/h2-5H,1H3. The third-order valence-electron chi connectivity index (χ3n) is 0.936. The lowest BCUT2D eigenvalue weighted by molar-refractivity contribution is 0.752. The van der Waals surface area contributed by atoms with Crippen molar-refractivity contribution in [3.63, 3.8) is 0 Å². The number of halogens is 1. The van der Waals surface area contributed by atoms with Crippen molar-refractivity contribution in [2.45, 2.75) is 11.9 Å². The molecule has 0 saturated heterocycles. The third-order valence-corrected chi connectivity index (χ3v) is 1.41. The maximum atomic E-state index is 3.88. The van der Waals surface area contributed by atoms with Gasteiger partial charge in [0.25, 0.3) is 0 Å². The van der Waals surface area contributed by atoms with E-state index in [1.165, 1.54) is 0 Å². The summed E-state index contributed by atoms with van der Waals surface area (Å²) < 4.78 is 1.97. The minimum Gasteiger partial charge on any atom is -0.325 e. The smallest absolute Gasteiger partial charge is 0.0955 e. The van der Waals surface area contributed by atoms with Crippen LogP contribution in [-0.4, -0.2) is 9.55 Å². The second-order valence-corrected chi connectivity index (χ2v) is 2.91. The Balaban J connectivity index is 2.77. The molecule has 1 aromatic heterocycles. The van der Waals surface area contributed by atoms with Crippen molar-refractivity contribution < 1.29 is 0 Å². The van der Waals surface area contributed by atoms with Gasteiger partial charge in [-0.3, -0.25) is 0 Å². The summed E-state index contributed by atoms with van der Waals surface area (Å²) in [7, 11) is 0. The van der Waals surface area contributed by atoms with E-state index in [-0.39, 0.29) is 0 Å². The van der Waals surface area contributed by atoms with Crippen LogP contribution < -0.4 is 0 Å². The lowest BCUT2D eigenvalue weighted by Gasteiger charge is -2.00. The highest BCUT2D eigenvalue weighted by Gasteiger charge is 1.92. The van der Waals surface area contributed by atoms with Gasteiger partial charge in [-0.15, -0.1) is 0 Å². The molecule has 0 aliphatic heterocycles. The Morgan fingerprint density at radius 2 is 2.50 bits per heavy atom. The average Bonchev–Trinajstić information content (AvgIpc) is 2.12. The first-order chi connectivity index (χ1) is 3.80. The molecule has 0 N–H and O–H groups in total. The summed E-state index contributed by atoms with van der Waals surface area (Å²) in [5, 5.41) is 0. The SMILES string of the molecule is CC(Br)n1ccnc1. The molecule has 1 unspecified atom stereocenters. The van der Waals surface area contributed by atoms with Crippen LogP contribution in [0.2, 0.25) is 0 Å². The fraction of sp³-hybridized carbons (Fsp3) is 0.400. The van der Waals surface area contributed by atoms with Crippen LogP contribution in [0.1, 0.15) is 11.9 Å². The molecule has 3 heteroatoms. The fourth-order valence-electron chi connectivity index (χ4n) is 0.480. The van der Waals surface area contributed by atoms with Crippen molar-refractivity contribution >= 4 is 15.9 Å². The Morgan fingerprint density at radius 3 is 2.75 bits per heavy atom. The van der Waals surface area contributed by atoms with Crippen LogP contribution in [0.3, 0.4) is 0 Å². The molecule has 0 amide bonds. The van der Waals surface area contributed by atoms with Gasteiger partial charge >= 0.3 is 0 Å². The van der Waals surface area contributed by atoms with Crippen LogP contribution >= 0.6 is 15.9 Å². The Hall–Kier alpha value is -0.310. The summed E-state index contributed by atoms with van der Waals surface area (Å²) in [6.07, 6.45) is 5.45. The zero-order chi connectivity index (χ0) is 5.98. The lowest BCUT2D eigenvalue weighted by Crippen LogP contribution is -1.91. The van der Waals surface area contributed by atoms with Crippen LogP contribution in [0, 0.1) is 0 Å². The lowest BCUT2D eigenvalue weighted by atomic mass is 10.7. The molecule has 1 rings (SSSR count). The van der Waals surface area contributed by atoms with E-state index < -0.39 is 0 Å². The van der Waals surface area contributed by atoms with Crippen LogP contribution in [0.4, 0.5) is 0 Å². The Labute approximate surface area is 56.7 Å². The number of nitrogens with zero attached hydrogens (tertiary/aromatic N) is 2. The van der Waals surface area contributed by atoms with E-state index in [1.807, 2.05) is 17.7 Å². The van der Waals surface area contributed by atoms with Gasteiger partial charge in [-0.25, -0.2) is 4.98 Å². The number of hydrogen-bond acceptors (Lipinski definition) is 1. The minimum absolute atomic E-state index is 0.352. The largest absolute Gasteiger partial charge is 0.325 e. The van der Waals surface area contributed by atoms with Crippen LogP contribution in [0.5, 0.6) is 0 Å². The van der Waals surface area contributed by atoms with Gasteiger partial charge in [0.1, 0.15) is 0 Å². The van der Waals surface area contributed by atoms with Gasteiger partial charge in [-0.1, -0.05) is 15.9 Å². The molecule has 1 heterocycles. The molecule has 0 saturated carbocycles. The summed E-state index contributed by atoms with van der Waals surface area (Å²) in [5.74, 6) is 0. The molecule has 1 aromatic rings. The van der Waals surface area contributed by atoms with E-state index >= 15 is 0 Å². The minimum atomic E-state index is 0.352. The highest BCUT2D eigenvalue weighted by molar-refractivity contribution is 9.09. The van der Waals surface area contributed by atoms with Gasteiger partial charge in [-0.05, 0) is 6.92 Å². The molecule has 1 atom stereocenters. The Morgan fingerprint density at radius 1 is 1.75 bits per heavy atom. The Kier molecular flexibility index (Phi) is 1.68. The van der Waals surface area contributed by atoms with Crippen LogP contribution in [-0.2, 0) is 0 Å². The number of alkyl halides is 1. The average molecular weight is 175 g/mol. The van der Waals surface area contributed by atoms with Gasteiger partial charge in [0.2, 0.25) is 0 Å². The molecule has 0 bridgehead atoms. The van der Waals surface area contributed by atoms with E-state index in [2.05, 4.69) is 20.9 Å². The van der Waals surface area contributed by atoms with Crippen LogP contribution in [0.15, 0.2) is 18.7 Å². The van der Waals surface area contributed by atoms with Crippen molar-refractivity contribution in [1.82, 2.24) is 9.55 Å². The van der Waals surface area contributed by atoms with E-state index in [4.69, 9.17) is 0 Å². The first-order valence-electron chi connectivity index (χ1n) is 2.42. The number of aromatic nitrogens is 2. The molecule has 0 aliphatic carbocycles. The van der Waals surface area contributed by atoms with Gasteiger partial charge in [0.15, 0.2) is 0 Å². The summed E-state index contributed by atoms with van der Waals surface area (Å²) in [4.78, 5) is 4.23. The fourth-order valence-corrected chi connectivity index (χ4v) is 0.722. The van der Waals surface area contributed by atoms with E-state index in [9.17, 15) is 0 Å². The van der Waals surface area contributed by atoms with E-state index in [0.717, 1.165) is 0 Å². The van der Waals surface area contributed by atoms with Gasteiger partial charge in [-0.2, -0.15) is 0 Å². The van der Waals surface area contributed by atoms with E-state index in [0.29, 0.717) is 4.95 Å². The molecule has 0 radical (unpaired) electrons. The quantitative estimate of drug-likeness (QED) is 0.595. The van der Waals surface area contributed by atoms with Crippen molar-refractivity contribution in [1.29, 1.82) is 0 Å². The third kappa shape index (κ3) is 1.10. The van der Waals surface area contributed by atoms with Crippen molar-refractivity contribution in [2.24, 2.45) is 0 Å². The van der Waals surface area contributed by atoms with Gasteiger partial charge in [0, 0.05) is 12.4 Å². The predicted molar refractivity (Wildman–Crippen MR) is 35.9 cm³/mol. The molecule has 0 aliphatic rings. The van der Waals surface area contributed by atoms with Gasteiger partial charge in [0.05, 0.1) is 11.3 Å². The predicted octanol–water partition coefficient (Wildman–Crippen LogP) is 1.80. The second kappa shape index (κ2) is 2.31. The Bertz CT molecular complexity index is 145. The second-order valence-electron chi connectivity index (χ2n) is 1.58. The molecule has 2 nitrogen and oxygen atoms in total. The summed E-state index contributed by atoms with van der Waals surface area (Å²) >= 11 is 3.38. The first-order valence-corrected chi connectivity index (χ1v) is 3.34. The normalized spacial score (nSPS) is 13.8. The summed E-state index contributed by atoms with van der Waals surface area (Å²) in [5.41, 5.74) is 0. The zero-order valence-electron chi connectivity index (χ0n) is 4.58. The molecule has 8 heavy (non-hydrogen) atoms. The molecular formula is C5H7BrN2. The molecular weight excluding hydrogens is 168 g/mol. The molecule has 0 spiro atoms. The zero-order valence-corrected chi connectivity index (χ0v) is 6.17. The number of rotatable bonds is 1. The van der Waals surface area contributed by atoms with Gasteiger partial charge < -0.3 is 4.57 Å².